The molecule has 1 heterocycles. The van der Waals surface area contributed by atoms with Gasteiger partial charge in [0, 0.05) is 17.0 Å². The van der Waals surface area contributed by atoms with Crippen LogP contribution in [0.15, 0.2) is 103 Å². The van der Waals surface area contributed by atoms with Crippen LogP contribution in [0.3, 0.4) is 0 Å². The Hall–Kier alpha value is -3.76. The van der Waals surface area contributed by atoms with Crippen LogP contribution in [0.2, 0.25) is 0 Å². The molecule has 2 atom stereocenters. The first-order chi connectivity index (χ1) is 15.7. The quantitative estimate of drug-likeness (QED) is 0.411. The summed E-state index contributed by atoms with van der Waals surface area (Å²) in [4.78, 5) is 0. The Morgan fingerprint density at radius 1 is 0.844 bits per heavy atom. The molecule has 5 aromatic rings. The van der Waals surface area contributed by atoms with E-state index < -0.39 is 0 Å². The molecule has 0 aliphatic heterocycles. The third-order valence-electron chi connectivity index (χ3n) is 6.59. The van der Waals surface area contributed by atoms with Crippen molar-refractivity contribution >= 4 is 10.8 Å². The zero-order valence-electron chi connectivity index (χ0n) is 17.7. The van der Waals surface area contributed by atoms with Crippen molar-refractivity contribution in [1.82, 2.24) is 15.0 Å². The van der Waals surface area contributed by atoms with Gasteiger partial charge in [-0.15, -0.1) is 5.10 Å². The summed E-state index contributed by atoms with van der Waals surface area (Å²) >= 11 is 0. The molecule has 0 radical (unpaired) electrons. The molecule has 1 saturated carbocycles. The third kappa shape index (κ3) is 3.49. The maximum absolute atomic E-state index is 6.79. The van der Waals surface area contributed by atoms with Crippen LogP contribution < -0.4 is 5.73 Å². The maximum Gasteiger partial charge on any atom is 0.113 e. The van der Waals surface area contributed by atoms with Gasteiger partial charge in [-0.25, -0.2) is 4.68 Å². The molecule has 4 nitrogen and oxygen atoms in total. The van der Waals surface area contributed by atoms with Crippen molar-refractivity contribution in [3.63, 3.8) is 0 Å². The monoisotopic (exact) mass is 416 g/mol. The molecule has 1 aliphatic carbocycles. The second-order valence-electron chi connectivity index (χ2n) is 8.85. The van der Waals surface area contributed by atoms with Gasteiger partial charge in [0.1, 0.15) is 5.69 Å². The molecule has 32 heavy (non-hydrogen) atoms. The van der Waals surface area contributed by atoms with Crippen molar-refractivity contribution in [1.29, 1.82) is 0 Å². The van der Waals surface area contributed by atoms with Crippen LogP contribution in [0.25, 0.3) is 27.7 Å². The SMILES string of the molecule is N[C@]1(Cc2ccc3ccccc3c2)C[C@@H]1c1ccc(-n2cc(-c3ccccc3)nn2)cc1. The van der Waals surface area contributed by atoms with Gasteiger partial charge < -0.3 is 5.73 Å². The van der Waals surface area contributed by atoms with Crippen LogP contribution in [0.1, 0.15) is 23.5 Å². The minimum absolute atomic E-state index is 0.169. The summed E-state index contributed by atoms with van der Waals surface area (Å²) in [5.74, 6) is 0.388. The number of hydrogen-bond acceptors (Lipinski definition) is 3. The zero-order valence-corrected chi connectivity index (χ0v) is 17.7. The van der Waals surface area contributed by atoms with Crippen molar-refractivity contribution in [3.05, 3.63) is 114 Å². The molecule has 6 rings (SSSR count). The third-order valence-corrected chi connectivity index (χ3v) is 6.59. The van der Waals surface area contributed by atoms with Crippen molar-refractivity contribution in [2.75, 3.05) is 0 Å². The summed E-state index contributed by atoms with van der Waals surface area (Å²) in [5.41, 5.74) is 12.2. The number of fused-ring (bicyclic) bond motifs is 1. The molecule has 156 valence electrons. The molecule has 0 spiro atoms. The van der Waals surface area contributed by atoms with E-state index in [0.29, 0.717) is 5.92 Å². The zero-order chi connectivity index (χ0) is 21.5. The Kier molecular flexibility index (Phi) is 4.40. The van der Waals surface area contributed by atoms with E-state index in [1.165, 1.54) is 21.9 Å². The Bertz CT molecular complexity index is 1390. The summed E-state index contributed by atoms with van der Waals surface area (Å²) in [6.07, 6.45) is 3.88. The predicted molar refractivity (Wildman–Crippen MR) is 129 cm³/mol. The van der Waals surface area contributed by atoms with Crippen molar-refractivity contribution in [2.45, 2.75) is 24.3 Å². The first kappa shape index (κ1) is 19.0. The lowest BCUT2D eigenvalue weighted by atomic mass is 9.97. The molecule has 4 heteroatoms. The normalized spacial score (nSPS) is 19.8. The molecular formula is C28H24N4. The summed E-state index contributed by atoms with van der Waals surface area (Å²) in [7, 11) is 0. The van der Waals surface area contributed by atoms with Gasteiger partial charge in [0.15, 0.2) is 0 Å². The average molecular weight is 417 g/mol. The number of nitrogens with zero attached hydrogens (tertiary/aromatic N) is 3. The topological polar surface area (TPSA) is 56.7 Å². The van der Waals surface area contributed by atoms with E-state index in [1.54, 1.807) is 0 Å². The first-order valence-corrected chi connectivity index (χ1v) is 11.0. The van der Waals surface area contributed by atoms with Gasteiger partial charge in [0.05, 0.1) is 11.9 Å². The first-order valence-electron chi connectivity index (χ1n) is 11.0. The predicted octanol–water partition coefficient (Wildman–Crippen LogP) is 5.52. The van der Waals surface area contributed by atoms with E-state index in [-0.39, 0.29) is 5.54 Å². The average Bonchev–Trinajstić information content (AvgIpc) is 3.26. The lowest BCUT2D eigenvalue weighted by molar-refractivity contribution is 0.646. The fourth-order valence-corrected chi connectivity index (χ4v) is 4.69. The highest BCUT2D eigenvalue weighted by atomic mass is 15.4. The molecule has 1 fully saturated rings. The second-order valence-corrected chi connectivity index (χ2v) is 8.85. The lowest BCUT2D eigenvalue weighted by Gasteiger charge is -2.13. The van der Waals surface area contributed by atoms with Crippen molar-refractivity contribution in [3.8, 4) is 16.9 Å². The van der Waals surface area contributed by atoms with Crippen molar-refractivity contribution < 1.29 is 0 Å². The number of rotatable bonds is 5. The van der Waals surface area contributed by atoms with Crippen LogP contribution >= 0.6 is 0 Å². The largest absolute Gasteiger partial charge is 0.324 e. The summed E-state index contributed by atoms with van der Waals surface area (Å²) in [6.45, 7) is 0. The Labute approximate surface area is 187 Å². The number of nitrogens with two attached hydrogens (primary N) is 1. The Balaban J connectivity index is 1.18. The fraction of sp³-hybridized carbons (Fsp3) is 0.143. The van der Waals surface area contributed by atoms with E-state index in [4.69, 9.17) is 5.73 Å². The molecular weight excluding hydrogens is 392 g/mol. The number of benzene rings is 4. The lowest BCUT2D eigenvalue weighted by Crippen LogP contribution is -2.27. The molecule has 0 saturated heterocycles. The van der Waals surface area contributed by atoms with Crippen LogP contribution in [0.4, 0.5) is 0 Å². The van der Waals surface area contributed by atoms with Gasteiger partial charge in [-0.3, -0.25) is 0 Å². The van der Waals surface area contributed by atoms with Gasteiger partial charge in [-0.05, 0) is 46.9 Å². The summed E-state index contributed by atoms with van der Waals surface area (Å²) in [6, 6.07) is 33.8. The summed E-state index contributed by atoms with van der Waals surface area (Å²) in [5, 5.41) is 11.2. The second kappa shape index (κ2) is 7.43. The van der Waals surface area contributed by atoms with Crippen LogP contribution in [-0.4, -0.2) is 20.5 Å². The van der Waals surface area contributed by atoms with E-state index in [9.17, 15) is 0 Å². The van der Waals surface area contributed by atoms with Gasteiger partial charge >= 0.3 is 0 Å². The standard InChI is InChI=1S/C28H24N4/c29-28(17-20-10-11-21-6-4-5-9-24(21)16-20)18-26(28)22-12-14-25(15-13-22)32-19-27(30-31-32)23-7-2-1-3-8-23/h1-16,19,26H,17-18,29H2/t26-,28-/m1/s1. The van der Waals surface area contributed by atoms with Gasteiger partial charge in [-0.1, -0.05) is 90.1 Å². The van der Waals surface area contributed by atoms with Crippen LogP contribution in [0.5, 0.6) is 0 Å². The Morgan fingerprint density at radius 3 is 2.41 bits per heavy atom. The molecule has 0 bridgehead atoms. The molecule has 2 N–H and O–H groups in total. The molecule has 1 aliphatic rings. The molecule has 1 aromatic heterocycles. The van der Waals surface area contributed by atoms with Gasteiger partial charge in [0.2, 0.25) is 0 Å². The molecule has 4 aromatic carbocycles. The van der Waals surface area contributed by atoms with E-state index in [2.05, 4.69) is 77.0 Å². The molecule has 0 amide bonds. The highest BCUT2D eigenvalue weighted by Crippen LogP contribution is 2.51. The van der Waals surface area contributed by atoms with Crippen molar-refractivity contribution in [2.24, 2.45) is 5.73 Å². The Morgan fingerprint density at radius 2 is 1.59 bits per heavy atom. The highest BCUT2D eigenvalue weighted by Gasteiger charge is 2.51. The fourth-order valence-electron chi connectivity index (χ4n) is 4.69. The van der Waals surface area contributed by atoms with Crippen LogP contribution in [-0.2, 0) is 6.42 Å². The number of hydrogen-bond donors (Lipinski definition) is 1. The summed E-state index contributed by atoms with van der Waals surface area (Å²) < 4.78 is 1.82. The van der Waals surface area contributed by atoms with E-state index in [0.717, 1.165) is 29.8 Å². The minimum atomic E-state index is -0.169. The number of aromatic nitrogens is 3. The maximum atomic E-state index is 6.79. The van der Waals surface area contributed by atoms with Crippen LogP contribution in [0, 0.1) is 0 Å². The highest BCUT2D eigenvalue weighted by molar-refractivity contribution is 5.83. The van der Waals surface area contributed by atoms with Gasteiger partial charge in [-0.2, -0.15) is 0 Å². The minimum Gasteiger partial charge on any atom is -0.324 e. The smallest absolute Gasteiger partial charge is 0.113 e. The van der Waals surface area contributed by atoms with E-state index in [1.807, 2.05) is 41.2 Å². The van der Waals surface area contributed by atoms with Gasteiger partial charge in [0.25, 0.3) is 0 Å². The van der Waals surface area contributed by atoms with E-state index >= 15 is 0 Å². The molecule has 0 unspecified atom stereocenters.